The van der Waals surface area contributed by atoms with Gasteiger partial charge in [0.1, 0.15) is 0 Å². The van der Waals surface area contributed by atoms with Crippen LogP contribution in [0.25, 0.3) is 0 Å². The van der Waals surface area contributed by atoms with Gasteiger partial charge < -0.3 is 10.4 Å². The molecule has 86 valence electrons. The number of hydrogen-bond acceptors (Lipinski definition) is 3. The van der Waals surface area contributed by atoms with E-state index in [0.29, 0.717) is 12.6 Å². The smallest absolute Gasteiger partial charge is 0.0438 e. The van der Waals surface area contributed by atoms with Crippen LogP contribution in [0.1, 0.15) is 39.5 Å². The third-order valence-electron chi connectivity index (χ3n) is 2.09. The van der Waals surface area contributed by atoms with Crippen LogP contribution < -0.4 is 5.32 Å². The van der Waals surface area contributed by atoms with Crippen molar-refractivity contribution < 1.29 is 5.11 Å². The van der Waals surface area contributed by atoms with Gasteiger partial charge >= 0.3 is 0 Å². The molecule has 1 unspecified atom stereocenters. The summed E-state index contributed by atoms with van der Waals surface area (Å²) >= 11 is 1.95. The summed E-state index contributed by atoms with van der Waals surface area (Å²) in [5, 5.41) is 12.2. The second-order valence-corrected chi connectivity index (χ2v) is 4.74. The number of rotatable bonds is 10. The first-order chi connectivity index (χ1) is 6.85. The molecule has 0 fully saturated rings. The molecule has 0 bridgehead atoms. The summed E-state index contributed by atoms with van der Waals surface area (Å²) in [6.45, 7) is 5.90. The Labute approximate surface area is 92.9 Å². The number of aliphatic hydroxyl groups excluding tert-OH is 1. The summed E-state index contributed by atoms with van der Waals surface area (Å²) in [6, 6.07) is 0.670. The van der Waals surface area contributed by atoms with E-state index in [-0.39, 0.29) is 0 Å². The van der Waals surface area contributed by atoms with Gasteiger partial charge in [-0.2, -0.15) is 11.8 Å². The molecule has 0 aromatic rings. The van der Waals surface area contributed by atoms with Gasteiger partial charge in [-0.05, 0) is 31.6 Å². The quantitative estimate of drug-likeness (QED) is 0.553. The number of nitrogens with one attached hydrogen (secondary N) is 1. The van der Waals surface area contributed by atoms with Gasteiger partial charge in [0.15, 0.2) is 0 Å². The molecule has 0 aromatic carbocycles. The third kappa shape index (κ3) is 8.85. The Bertz CT molecular complexity index is 111. The molecular formula is C11H25NOS. The number of hydrogen-bond donors (Lipinski definition) is 2. The maximum Gasteiger partial charge on any atom is 0.0438 e. The maximum absolute atomic E-state index is 8.65. The molecule has 0 aliphatic carbocycles. The minimum Gasteiger partial charge on any atom is -0.396 e. The van der Waals surface area contributed by atoms with Crippen LogP contribution in [0.15, 0.2) is 0 Å². The van der Waals surface area contributed by atoms with E-state index in [2.05, 4.69) is 19.2 Å². The molecule has 0 aromatic heterocycles. The molecule has 0 radical (unpaired) electrons. The normalized spacial score (nSPS) is 13.1. The van der Waals surface area contributed by atoms with E-state index in [4.69, 9.17) is 5.11 Å². The minimum atomic E-state index is 0.327. The van der Waals surface area contributed by atoms with Crippen LogP contribution in [0.2, 0.25) is 0 Å². The number of aliphatic hydroxyl groups is 1. The van der Waals surface area contributed by atoms with Crippen molar-refractivity contribution in [2.75, 3.05) is 24.7 Å². The average Bonchev–Trinajstić information content (AvgIpc) is 2.20. The lowest BCUT2D eigenvalue weighted by Gasteiger charge is -2.17. The van der Waals surface area contributed by atoms with Gasteiger partial charge in [-0.3, -0.25) is 0 Å². The lowest BCUT2D eigenvalue weighted by Crippen LogP contribution is -2.31. The minimum absolute atomic E-state index is 0.327. The fourth-order valence-electron chi connectivity index (χ4n) is 1.33. The molecular weight excluding hydrogens is 194 g/mol. The Morgan fingerprint density at radius 3 is 2.64 bits per heavy atom. The molecule has 2 N–H and O–H groups in total. The second-order valence-electron chi connectivity index (χ2n) is 3.59. The molecule has 0 heterocycles. The summed E-state index contributed by atoms with van der Waals surface area (Å²) in [7, 11) is 0. The van der Waals surface area contributed by atoms with Crippen molar-refractivity contribution in [3.05, 3.63) is 0 Å². The van der Waals surface area contributed by atoms with Gasteiger partial charge in [0, 0.05) is 18.4 Å². The maximum atomic E-state index is 8.65. The predicted octanol–water partition coefficient (Wildman–Crippen LogP) is 2.27. The van der Waals surface area contributed by atoms with Gasteiger partial charge in [-0.25, -0.2) is 0 Å². The van der Waals surface area contributed by atoms with E-state index in [0.717, 1.165) is 18.7 Å². The Morgan fingerprint density at radius 2 is 2.07 bits per heavy atom. The van der Waals surface area contributed by atoms with Crippen molar-refractivity contribution in [1.29, 1.82) is 0 Å². The van der Waals surface area contributed by atoms with E-state index in [9.17, 15) is 0 Å². The average molecular weight is 219 g/mol. The Balaban J connectivity index is 3.40. The zero-order chi connectivity index (χ0) is 10.6. The number of thioether (sulfide) groups is 1. The highest BCUT2D eigenvalue weighted by atomic mass is 32.2. The van der Waals surface area contributed by atoms with Crippen LogP contribution in [0.3, 0.4) is 0 Å². The van der Waals surface area contributed by atoms with Crippen molar-refractivity contribution in [3.8, 4) is 0 Å². The molecule has 3 heteroatoms. The molecule has 2 nitrogen and oxygen atoms in total. The van der Waals surface area contributed by atoms with Crippen molar-refractivity contribution in [2.45, 2.75) is 45.6 Å². The SMILES string of the molecule is CCCNC(CCC)CSCCCO. The van der Waals surface area contributed by atoms with E-state index >= 15 is 0 Å². The Morgan fingerprint density at radius 1 is 1.29 bits per heavy atom. The molecule has 0 rings (SSSR count). The zero-order valence-electron chi connectivity index (χ0n) is 9.59. The highest BCUT2D eigenvalue weighted by molar-refractivity contribution is 7.99. The lowest BCUT2D eigenvalue weighted by molar-refractivity contribution is 0.296. The first-order valence-corrected chi connectivity index (χ1v) is 6.92. The first-order valence-electron chi connectivity index (χ1n) is 5.77. The van der Waals surface area contributed by atoms with Crippen LogP contribution in [0.5, 0.6) is 0 Å². The second kappa shape index (κ2) is 11.3. The zero-order valence-corrected chi connectivity index (χ0v) is 10.4. The van der Waals surface area contributed by atoms with E-state index < -0.39 is 0 Å². The third-order valence-corrected chi connectivity index (χ3v) is 3.30. The van der Waals surface area contributed by atoms with E-state index in [1.54, 1.807) is 0 Å². The van der Waals surface area contributed by atoms with Crippen LogP contribution in [-0.4, -0.2) is 35.8 Å². The Hall–Kier alpha value is 0.270. The predicted molar refractivity (Wildman–Crippen MR) is 66.0 cm³/mol. The van der Waals surface area contributed by atoms with Crippen LogP contribution >= 0.6 is 11.8 Å². The van der Waals surface area contributed by atoms with E-state index in [1.807, 2.05) is 11.8 Å². The van der Waals surface area contributed by atoms with Crippen molar-refractivity contribution >= 4 is 11.8 Å². The Kier molecular flexibility index (Phi) is 11.6. The highest BCUT2D eigenvalue weighted by Crippen LogP contribution is 2.08. The summed E-state index contributed by atoms with van der Waals surface area (Å²) in [5.74, 6) is 2.28. The van der Waals surface area contributed by atoms with Gasteiger partial charge in [-0.1, -0.05) is 20.3 Å². The first kappa shape index (κ1) is 14.3. The monoisotopic (exact) mass is 219 g/mol. The van der Waals surface area contributed by atoms with Gasteiger partial charge in [0.25, 0.3) is 0 Å². The summed E-state index contributed by atoms with van der Waals surface area (Å²) in [5.41, 5.74) is 0. The molecule has 0 aliphatic rings. The largest absolute Gasteiger partial charge is 0.396 e. The molecule has 0 aliphatic heterocycles. The van der Waals surface area contributed by atoms with Crippen molar-refractivity contribution in [2.24, 2.45) is 0 Å². The van der Waals surface area contributed by atoms with Crippen molar-refractivity contribution in [1.82, 2.24) is 5.32 Å². The van der Waals surface area contributed by atoms with Gasteiger partial charge in [0.2, 0.25) is 0 Å². The van der Waals surface area contributed by atoms with Gasteiger partial charge in [-0.15, -0.1) is 0 Å². The standard InChI is InChI=1S/C11H25NOS/c1-3-6-11(12-7-4-2)10-14-9-5-8-13/h11-13H,3-10H2,1-2H3. The summed E-state index contributed by atoms with van der Waals surface area (Å²) < 4.78 is 0. The van der Waals surface area contributed by atoms with E-state index in [1.165, 1.54) is 25.0 Å². The summed E-state index contributed by atoms with van der Waals surface area (Å²) in [6.07, 6.45) is 4.66. The van der Waals surface area contributed by atoms with Crippen molar-refractivity contribution in [3.63, 3.8) is 0 Å². The fraction of sp³-hybridized carbons (Fsp3) is 1.00. The fourth-order valence-corrected chi connectivity index (χ4v) is 2.40. The molecule has 0 saturated heterocycles. The molecule has 1 atom stereocenters. The molecule has 14 heavy (non-hydrogen) atoms. The molecule has 0 spiro atoms. The van der Waals surface area contributed by atoms with Crippen LogP contribution in [0.4, 0.5) is 0 Å². The molecule has 0 saturated carbocycles. The van der Waals surface area contributed by atoms with Crippen LogP contribution in [-0.2, 0) is 0 Å². The lowest BCUT2D eigenvalue weighted by atomic mass is 10.2. The topological polar surface area (TPSA) is 32.3 Å². The van der Waals surface area contributed by atoms with Crippen LogP contribution in [0, 0.1) is 0 Å². The van der Waals surface area contributed by atoms with Gasteiger partial charge in [0.05, 0.1) is 0 Å². The molecule has 0 amide bonds. The summed E-state index contributed by atoms with van der Waals surface area (Å²) in [4.78, 5) is 0. The highest BCUT2D eigenvalue weighted by Gasteiger charge is 2.05.